The number of nitrogens with one attached hydrogen (secondary N) is 1. The number of rotatable bonds is 4. The van der Waals surface area contributed by atoms with E-state index in [2.05, 4.69) is 15.3 Å². The summed E-state index contributed by atoms with van der Waals surface area (Å²) in [5.41, 5.74) is 0.311. The molecule has 1 N–H and O–H groups in total. The third-order valence-corrected chi connectivity index (χ3v) is 3.94. The highest BCUT2D eigenvalue weighted by Gasteiger charge is 2.21. The molecule has 0 bridgehead atoms. The van der Waals surface area contributed by atoms with Crippen molar-refractivity contribution >= 4 is 11.5 Å². The maximum absolute atomic E-state index is 13.3. The van der Waals surface area contributed by atoms with Gasteiger partial charge in [-0.15, -0.1) is 0 Å². The Labute approximate surface area is 138 Å². The maximum atomic E-state index is 13.3. The van der Waals surface area contributed by atoms with Crippen molar-refractivity contribution in [2.45, 2.75) is 31.9 Å². The van der Waals surface area contributed by atoms with E-state index in [1.54, 1.807) is 6.07 Å². The molecule has 2 aromatic rings. The molecule has 1 aliphatic heterocycles. The van der Waals surface area contributed by atoms with Gasteiger partial charge in [0, 0.05) is 18.7 Å². The van der Waals surface area contributed by atoms with E-state index in [9.17, 15) is 14.5 Å². The van der Waals surface area contributed by atoms with E-state index < -0.39 is 10.7 Å². The second-order valence-electron chi connectivity index (χ2n) is 5.75. The van der Waals surface area contributed by atoms with Crippen LogP contribution in [-0.4, -0.2) is 33.6 Å². The normalized spacial score (nSPS) is 20.6. The smallest absolute Gasteiger partial charge is 0.281 e. The van der Waals surface area contributed by atoms with Crippen molar-refractivity contribution in [1.29, 1.82) is 0 Å². The molecule has 0 radical (unpaired) electrons. The van der Waals surface area contributed by atoms with Crippen LogP contribution in [0.5, 0.6) is 0 Å². The fourth-order valence-electron chi connectivity index (χ4n) is 2.79. The summed E-state index contributed by atoms with van der Waals surface area (Å²) in [6, 6.07) is 5.29. The maximum Gasteiger partial charge on any atom is 0.281 e. The molecule has 0 aliphatic carbocycles. The number of benzene rings is 1. The Bertz CT molecular complexity index is 756. The Morgan fingerprint density at radius 3 is 2.96 bits per heavy atom. The lowest BCUT2D eigenvalue weighted by Crippen LogP contribution is -2.32. The predicted molar refractivity (Wildman–Crippen MR) is 86.1 cm³/mol. The number of halogens is 1. The lowest BCUT2D eigenvalue weighted by atomic mass is 10.0. The van der Waals surface area contributed by atoms with Gasteiger partial charge < -0.3 is 10.1 Å². The SMILES string of the molecule is CC1CC(Nc2cc(-c3ccc(F)cc3[N+](=O)[O-])ncn2)CCO1. The summed E-state index contributed by atoms with van der Waals surface area (Å²) in [4.78, 5) is 18.8. The van der Waals surface area contributed by atoms with Crippen LogP contribution in [0.4, 0.5) is 15.9 Å². The zero-order valence-electron chi connectivity index (χ0n) is 13.1. The lowest BCUT2D eigenvalue weighted by Gasteiger charge is -2.28. The van der Waals surface area contributed by atoms with E-state index in [-0.39, 0.29) is 23.4 Å². The van der Waals surface area contributed by atoms with Crippen molar-refractivity contribution in [2.24, 2.45) is 0 Å². The van der Waals surface area contributed by atoms with Crippen molar-refractivity contribution in [3.63, 3.8) is 0 Å². The van der Waals surface area contributed by atoms with E-state index in [1.807, 2.05) is 6.92 Å². The van der Waals surface area contributed by atoms with Gasteiger partial charge in [-0.1, -0.05) is 0 Å². The number of hydrogen-bond donors (Lipinski definition) is 1. The van der Waals surface area contributed by atoms with Crippen LogP contribution in [0.25, 0.3) is 11.3 Å². The molecule has 1 aromatic heterocycles. The number of ether oxygens (including phenoxy) is 1. The van der Waals surface area contributed by atoms with E-state index in [4.69, 9.17) is 4.74 Å². The molecule has 7 nitrogen and oxygen atoms in total. The molecule has 2 unspecified atom stereocenters. The van der Waals surface area contributed by atoms with Gasteiger partial charge in [-0.2, -0.15) is 0 Å². The van der Waals surface area contributed by atoms with Gasteiger partial charge in [0.1, 0.15) is 18.0 Å². The standard InChI is InChI=1S/C16H17FN4O3/c1-10-6-12(4-5-24-10)20-16-8-14(18-9-19-16)13-3-2-11(17)7-15(13)21(22)23/h2-3,7-10,12H,4-6H2,1H3,(H,18,19,20). The zero-order valence-corrected chi connectivity index (χ0v) is 13.1. The molecule has 2 heterocycles. The quantitative estimate of drug-likeness (QED) is 0.683. The van der Waals surface area contributed by atoms with E-state index in [1.165, 1.54) is 18.5 Å². The number of anilines is 1. The first kappa shape index (κ1) is 16.3. The molecule has 0 amide bonds. The molecule has 3 rings (SSSR count). The molecule has 0 saturated carbocycles. The lowest BCUT2D eigenvalue weighted by molar-refractivity contribution is -0.384. The molecule has 1 saturated heterocycles. The van der Waals surface area contributed by atoms with Gasteiger partial charge in [0.05, 0.1) is 28.4 Å². The Hall–Kier alpha value is -2.61. The topological polar surface area (TPSA) is 90.2 Å². The first-order valence-corrected chi connectivity index (χ1v) is 7.67. The highest BCUT2D eigenvalue weighted by atomic mass is 19.1. The third kappa shape index (κ3) is 3.65. The van der Waals surface area contributed by atoms with Crippen LogP contribution < -0.4 is 5.32 Å². The average Bonchev–Trinajstić information content (AvgIpc) is 2.55. The Morgan fingerprint density at radius 1 is 1.38 bits per heavy atom. The summed E-state index contributed by atoms with van der Waals surface area (Å²) in [6.07, 6.45) is 3.24. The second-order valence-corrected chi connectivity index (χ2v) is 5.75. The minimum absolute atomic E-state index is 0.177. The molecule has 1 aliphatic rings. The minimum Gasteiger partial charge on any atom is -0.378 e. The monoisotopic (exact) mass is 332 g/mol. The van der Waals surface area contributed by atoms with Crippen LogP contribution in [0.2, 0.25) is 0 Å². The summed E-state index contributed by atoms with van der Waals surface area (Å²) < 4.78 is 18.8. The van der Waals surface area contributed by atoms with Crippen LogP contribution in [0.3, 0.4) is 0 Å². The van der Waals surface area contributed by atoms with E-state index in [0.29, 0.717) is 18.1 Å². The molecular weight excluding hydrogens is 315 g/mol. The number of nitro benzene ring substituents is 1. The molecule has 8 heteroatoms. The summed E-state index contributed by atoms with van der Waals surface area (Å²) in [5, 5.41) is 14.5. The van der Waals surface area contributed by atoms with Gasteiger partial charge in [-0.25, -0.2) is 14.4 Å². The Balaban J connectivity index is 1.87. The van der Waals surface area contributed by atoms with Crippen LogP contribution in [0, 0.1) is 15.9 Å². The van der Waals surface area contributed by atoms with Crippen molar-refractivity contribution in [3.05, 3.63) is 46.5 Å². The Kier molecular flexibility index (Phi) is 4.66. The summed E-state index contributed by atoms with van der Waals surface area (Å²) in [6.45, 7) is 2.70. The zero-order chi connectivity index (χ0) is 17.1. The van der Waals surface area contributed by atoms with Gasteiger partial charge in [-0.3, -0.25) is 10.1 Å². The number of nitrogens with zero attached hydrogens (tertiary/aromatic N) is 3. The van der Waals surface area contributed by atoms with Gasteiger partial charge in [-0.05, 0) is 31.9 Å². The first-order valence-electron chi connectivity index (χ1n) is 7.67. The predicted octanol–water partition coefficient (Wildman–Crippen LogP) is 3.17. The van der Waals surface area contributed by atoms with Crippen LogP contribution in [-0.2, 0) is 4.74 Å². The molecule has 2 atom stereocenters. The Morgan fingerprint density at radius 2 is 2.21 bits per heavy atom. The molecule has 1 aromatic carbocycles. The highest BCUT2D eigenvalue weighted by molar-refractivity contribution is 5.72. The van der Waals surface area contributed by atoms with Crippen molar-refractivity contribution < 1.29 is 14.1 Å². The molecule has 1 fully saturated rings. The van der Waals surface area contributed by atoms with E-state index in [0.717, 1.165) is 18.9 Å². The molecule has 0 spiro atoms. The number of nitro groups is 1. The third-order valence-electron chi connectivity index (χ3n) is 3.94. The van der Waals surface area contributed by atoms with Gasteiger partial charge >= 0.3 is 0 Å². The number of hydrogen-bond acceptors (Lipinski definition) is 6. The van der Waals surface area contributed by atoms with Gasteiger partial charge in [0.2, 0.25) is 0 Å². The molecule has 24 heavy (non-hydrogen) atoms. The largest absolute Gasteiger partial charge is 0.378 e. The fraction of sp³-hybridized carbons (Fsp3) is 0.375. The second kappa shape index (κ2) is 6.88. The summed E-state index contributed by atoms with van der Waals surface area (Å²) >= 11 is 0. The molecule has 126 valence electrons. The van der Waals surface area contributed by atoms with Crippen LogP contribution in [0.15, 0.2) is 30.6 Å². The van der Waals surface area contributed by atoms with E-state index >= 15 is 0 Å². The van der Waals surface area contributed by atoms with Crippen molar-refractivity contribution in [1.82, 2.24) is 9.97 Å². The first-order chi connectivity index (χ1) is 11.5. The van der Waals surface area contributed by atoms with Crippen molar-refractivity contribution in [2.75, 3.05) is 11.9 Å². The average molecular weight is 332 g/mol. The highest BCUT2D eigenvalue weighted by Crippen LogP contribution is 2.30. The van der Waals surface area contributed by atoms with Gasteiger partial charge in [0.25, 0.3) is 5.69 Å². The van der Waals surface area contributed by atoms with Crippen molar-refractivity contribution in [3.8, 4) is 11.3 Å². The number of aromatic nitrogens is 2. The fourth-order valence-corrected chi connectivity index (χ4v) is 2.79. The molecular formula is C16H17FN4O3. The summed E-state index contributed by atoms with van der Waals surface area (Å²) in [5.74, 6) is -0.0771. The van der Waals surface area contributed by atoms with Crippen LogP contribution >= 0.6 is 0 Å². The minimum atomic E-state index is -0.658. The van der Waals surface area contributed by atoms with Gasteiger partial charge in [0.15, 0.2) is 0 Å². The van der Waals surface area contributed by atoms with Crippen LogP contribution in [0.1, 0.15) is 19.8 Å². The summed E-state index contributed by atoms with van der Waals surface area (Å²) in [7, 11) is 0.